The monoisotopic (exact) mass is 277 g/mol. The summed E-state index contributed by atoms with van der Waals surface area (Å²) in [5.74, 6) is 1.46. The van der Waals surface area contributed by atoms with E-state index in [1.54, 1.807) is 6.33 Å². The molecular weight excluding hydrogens is 254 g/mol. The number of rotatable bonds is 6. The first-order valence-electron chi connectivity index (χ1n) is 7.32. The van der Waals surface area contributed by atoms with E-state index in [9.17, 15) is 4.79 Å². The van der Waals surface area contributed by atoms with Gasteiger partial charge in [-0.15, -0.1) is 0 Å². The van der Waals surface area contributed by atoms with Crippen LogP contribution in [0.2, 0.25) is 0 Å². The average molecular weight is 277 g/mol. The van der Waals surface area contributed by atoms with Gasteiger partial charge in [-0.3, -0.25) is 4.79 Å². The maximum absolute atomic E-state index is 11.6. The number of hydrogen-bond donors (Lipinski definition) is 2. The molecule has 2 rings (SSSR count). The summed E-state index contributed by atoms with van der Waals surface area (Å²) in [6.07, 6.45) is 5.23. The van der Waals surface area contributed by atoms with Crippen LogP contribution in [0.1, 0.15) is 38.7 Å². The molecule has 1 aliphatic heterocycles. The highest BCUT2D eigenvalue weighted by atomic mass is 16.1. The molecule has 1 fully saturated rings. The summed E-state index contributed by atoms with van der Waals surface area (Å²) >= 11 is 0. The van der Waals surface area contributed by atoms with Gasteiger partial charge in [-0.25, -0.2) is 9.97 Å². The number of primary amides is 1. The first-order chi connectivity index (χ1) is 9.69. The maximum Gasteiger partial charge on any atom is 0.240 e. The first kappa shape index (κ1) is 14.6. The fourth-order valence-corrected chi connectivity index (χ4v) is 2.77. The van der Waals surface area contributed by atoms with Gasteiger partial charge in [0.05, 0.1) is 0 Å². The summed E-state index contributed by atoms with van der Waals surface area (Å²) in [6.45, 7) is 5.81. The molecule has 1 unspecified atom stereocenters. The number of carbonyl (C=O) groups excluding carboxylic acids is 1. The van der Waals surface area contributed by atoms with Crippen LogP contribution >= 0.6 is 0 Å². The fourth-order valence-electron chi connectivity index (χ4n) is 2.77. The third kappa shape index (κ3) is 2.84. The molecule has 0 spiro atoms. The van der Waals surface area contributed by atoms with Gasteiger partial charge in [0, 0.05) is 18.7 Å². The lowest BCUT2D eigenvalue weighted by molar-refractivity contribution is -0.119. The highest BCUT2D eigenvalue weighted by molar-refractivity contribution is 5.84. The molecule has 1 aromatic heterocycles. The van der Waals surface area contributed by atoms with Gasteiger partial charge < -0.3 is 16.0 Å². The minimum Gasteiger partial charge on any atom is -0.370 e. The zero-order valence-corrected chi connectivity index (χ0v) is 12.2. The predicted molar refractivity (Wildman–Crippen MR) is 79.8 cm³/mol. The molecule has 0 aliphatic carbocycles. The Labute approximate surface area is 119 Å². The Kier molecular flexibility index (Phi) is 4.76. The van der Waals surface area contributed by atoms with Crippen molar-refractivity contribution in [3.63, 3.8) is 0 Å². The molecule has 3 N–H and O–H groups in total. The molecular formula is C14H23N5O. The van der Waals surface area contributed by atoms with E-state index in [0.29, 0.717) is 0 Å². The zero-order chi connectivity index (χ0) is 14.5. The van der Waals surface area contributed by atoms with E-state index in [-0.39, 0.29) is 11.9 Å². The predicted octanol–water partition coefficient (Wildman–Crippen LogP) is 1.31. The lowest BCUT2D eigenvalue weighted by atomic mass is 10.1. The summed E-state index contributed by atoms with van der Waals surface area (Å²) in [4.78, 5) is 22.4. The van der Waals surface area contributed by atoms with Gasteiger partial charge in [0.25, 0.3) is 0 Å². The summed E-state index contributed by atoms with van der Waals surface area (Å²) in [5, 5.41) is 3.27. The van der Waals surface area contributed by atoms with Crippen LogP contribution < -0.4 is 16.0 Å². The van der Waals surface area contributed by atoms with Gasteiger partial charge >= 0.3 is 0 Å². The molecule has 0 aromatic carbocycles. The zero-order valence-electron chi connectivity index (χ0n) is 12.2. The second-order valence-electron chi connectivity index (χ2n) is 5.06. The van der Waals surface area contributed by atoms with Gasteiger partial charge in [0.2, 0.25) is 5.91 Å². The molecule has 1 amide bonds. The minimum absolute atomic E-state index is 0.241. The molecule has 1 atom stereocenters. The van der Waals surface area contributed by atoms with Gasteiger partial charge in [-0.05, 0) is 26.2 Å². The number of nitrogens with one attached hydrogen (secondary N) is 1. The molecule has 0 saturated carbocycles. The van der Waals surface area contributed by atoms with E-state index >= 15 is 0 Å². The molecule has 110 valence electrons. The molecule has 0 radical (unpaired) electrons. The van der Waals surface area contributed by atoms with E-state index in [4.69, 9.17) is 5.73 Å². The van der Waals surface area contributed by atoms with Crippen LogP contribution in [-0.4, -0.2) is 35.0 Å². The normalized spacial score (nSPS) is 18.3. The van der Waals surface area contributed by atoms with E-state index in [2.05, 4.69) is 22.2 Å². The Bertz CT molecular complexity index is 477. The Morgan fingerprint density at radius 1 is 1.50 bits per heavy atom. The number of hydrogen-bond acceptors (Lipinski definition) is 5. The van der Waals surface area contributed by atoms with Crippen LogP contribution in [-0.2, 0) is 11.2 Å². The summed E-state index contributed by atoms with van der Waals surface area (Å²) < 4.78 is 0. The molecule has 6 heteroatoms. The first-order valence-corrected chi connectivity index (χ1v) is 7.32. The van der Waals surface area contributed by atoms with Crippen molar-refractivity contribution in [1.82, 2.24) is 9.97 Å². The molecule has 2 heterocycles. The quantitative estimate of drug-likeness (QED) is 0.819. The molecule has 1 aromatic rings. The van der Waals surface area contributed by atoms with Crippen molar-refractivity contribution in [3.05, 3.63) is 11.9 Å². The fraction of sp³-hybridized carbons (Fsp3) is 0.643. The highest BCUT2D eigenvalue weighted by Crippen LogP contribution is 2.30. The van der Waals surface area contributed by atoms with Crippen LogP contribution in [0.4, 0.5) is 11.6 Å². The Morgan fingerprint density at radius 2 is 2.30 bits per heavy atom. The van der Waals surface area contributed by atoms with Crippen molar-refractivity contribution in [2.24, 2.45) is 5.73 Å². The SMILES string of the molecule is CCCc1c(NCC)ncnc1N1CCCC1C(N)=O. The maximum atomic E-state index is 11.6. The van der Waals surface area contributed by atoms with Crippen molar-refractivity contribution < 1.29 is 4.79 Å². The number of nitrogens with two attached hydrogens (primary N) is 1. The summed E-state index contributed by atoms with van der Waals surface area (Å²) in [5.41, 5.74) is 6.59. The number of anilines is 2. The molecule has 6 nitrogen and oxygen atoms in total. The van der Waals surface area contributed by atoms with Crippen LogP contribution in [0.3, 0.4) is 0 Å². The average Bonchev–Trinajstić information content (AvgIpc) is 2.90. The van der Waals surface area contributed by atoms with Crippen molar-refractivity contribution in [2.45, 2.75) is 45.6 Å². The third-order valence-corrected chi connectivity index (χ3v) is 3.62. The van der Waals surface area contributed by atoms with E-state index in [1.807, 2.05) is 11.8 Å². The molecule has 1 aliphatic rings. The van der Waals surface area contributed by atoms with Crippen LogP contribution in [0.25, 0.3) is 0 Å². The van der Waals surface area contributed by atoms with Gasteiger partial charge in [-0.2, -0.15) is 0 Å². The highest BCUT2D eigenvalue weighted by Gasteiger charge is 2.31. The number of nitrogens with zero attached hydrogens (tertiary/aromatic N) is 3. The third-order valence-electron chi connectivity index (χ3n) is 3.62. The molecule has 1 saturated heterocycles. The smallest absolute Gasteiger partial charge is 0.240 e. The van der Waals surface area contributed by atoms with Crippen molar-refractivity contribution >= 4 is 17.5 Å². The standard InChI is InChI=1S/C14H23N5O/c1-3-6-10-13(16-4-2)17-9-18-14(10)19-8-5-7-11(19)12(15)20/h9,11H,3-8H2,1-2H3,(H2,15,20)(H,16,17,18). The van der Waals surface area contributed by atoms with Gasteiger partial charge in [0.15, 0.2) is 0 Å². The second-order valence-corrected chi connectivity index (χ2v) is 5.06. The van der Waals surface area contributed by atoms with Crippen LogP contribution in [0, 0.1) is 0 Å². The van der Waals surface area contributed by atoms with Gasteiger partial charge in [-0.1, -0.05) is 13.3 Å². The van der Waals surface area contributed by atoms with Crippen LogP contribution in [0.5, 0.6) is 0 Å². The molecule has 0 bridgehead atoms. The Balaban J connectivity index is 2.39. The van der Waals surface area contributed by atoms with E-state index in [0.717, 1.165) is 56.0 Å². The van der Waals surface area contributed by atoms with Crippen molar-refractivity contribution in [1.29, 1.82) is 0 Å². The number of carbonyl (C=O) groups is 1. The molecule has 20 heavy (non-hydrogen) atoms. The Hall–Kier alpha value is -1.85. The number of aromatic nitrogens is 2. The summed E-state index contributed by atoms with van der Waals surface area (Å²) in [6, 6.07) is -0.241. The lowest BCUT2D eigenvalue weighted by Crippen LogP contribution is -2.41. The van der Waals surface area contributed by atoms with Crippen molar-refractivity contribution in [2.75, 3.05) is 23.3 Å². The van der Waals surface area contributed by atoms with Crippen LogP contribution in [0.15, 0.2) is 6.33 Å². The minimum atomic E-state index is -0.270. The van der Waals surface area contributed by atoms with Gasteiger partial charge in [0.1, 0.15) is 24.0 Å². The summed E-state index contributed by atoms with van der Waals surface area (Å²) in [7, 11) is 0. The lowest BCUT2D eigenvalue weighted by Gasteiger charge is -2.26. The van der Waals surface area contributed by atoms with Crippen molar-refractivity contribution in [3.8, 4) is 0 Å². The topological polar surface area (TPSA) is 84.1 Å². The number of amides is 1. The largest absolute Gasteiger partial charge is 0.370 e. The van der Waals surface area contributed by atoms with E-state index < -0.39 is 0 Å². The Morgan fingerprint density at radius 3 is 2.95 bits per heavy atom. The van der Waals surface area contributed by atoms with E-state index in [1.165, 1.54) is 0 Å². The second kappa shape index (κ2) is 6.54.